The Balaban J connectivity index is 1.69. The molecule has 1 heterocycles. The molecular formula is C12H21N3O2. The Labute approximate surface area is 102 Å². The van der Waals surface area contributed by atoms with Gasteiger partial charge in [-0.2, -0.15) is 0 Å². The molecule has 1 saturated carbocycles. The normalized spacial score (nSPS) is 23.6. The molecule has 1 N–H and O–H groups in total. The maximum Gasteiger partial charge on any atom is 0.236 e. The first-order valence-electron chi connectivity index (χ1n) is 6.22. The summed E-state index contributed by atoms with van der Waals surface area (Å²) in [5.41, 5.74) is 0.341. The quantitative estimate of drug-likeness (QED) is 0.731. The van der Waals surface area contributed by atoms with E-state index in [1.54, 1.807) is 11.9 Å². The SMILES string of the molecule is CN1CCN(CC(=O)NCC2(C)CC2)CC1=O. The molecule has 2 aliphatic rings. The number of hydrogen-bond donors (Lipinski definition) is 1. The summed E-state index contributed by atoms with van der Waals surface area (Å²) in [6.07, 6.45) is 2.42. The Morgan fingerprint density at radius 3 is 2.71 bits per heavy atom. The van der Waals surface area contributed by atoms with Crippen LogP contribution in [0.3, 0.4) is 0 Å². The van der Waals surface area contributed by atoms with Crippen LogP contribution in [0.5, 0.6) is 0 Å². The van der Waals surface area contributed by atoms with E-state index in [1.807, 2.05) is 4.90 Å². The molecule has 0 atom stereocenters. The Bertz CT molecular complexity index is 326. The lowest BCUT2D eigenvalue weighted by Crippen LogP contribution is -2.51. The molecule has 0 bridgehead atoms. The van der Waals surface area contributed by atoms with Crippen LogP contribution in [-0.4, -0.2) is 61.4 Å². The number of likely N-dealkylation sites (N-methyl/N-ethyl adjacent to an activating group) is 1. The highest BCUT2D eigenvalue weighted by atomic mass is 16.2. The number of piperazine rings is 1. The summed E-state index contributed by atoms with van der Waals surface area (Å²) in [5.74, 6) is 0.133. The molecule has 1 aliphatic heterocycles. The van der Waals surface area contributed by atoms with Crippen molar-refractivity contribution < 1.29 is 9.59 Å². The zero-order valence-corrected chi connectivity index (χ0v) is 10.7. The van der Waals surface area contributed by atoms with Gasteiger partial charge in [-0.15, -0.1) is 0 Å². The number of rotatable bonds is 4. The van der Waals surface area contributed by atoms with Crippen LogP contribution >= 0.6 is 0 Å². The average Bonchev–Trinajstić information content (AvgIpc) is 3.00. The number of hydrogen-bond acceptors (Lipinski definition) is 3. The minimum Gasteiger partial charge on any atom is -0.354 e. The summed E-state index contributed by atoms with van der Waals surface area (Å²) in [6.45, 7) is 5.16. The van der Waals surface area contributed by atoms with Gasteiger partial charge < -0.3 is 10.2 Å². The molecule has 0 aromatic carbocycles. The van der Waals surface area contributed by atoms with Crippen LogP contribution < -0.4 is 5.32 Å². The average molecular weight is 239 g/mol. The first kappa shape index (κ1) is 12.4. The summed E-state index contributed by atoms with van der Waals surface area (Å²) in [6, 6.07) is 0. The molecule has 2 fully saturated rings. The molecule has 1 aliphatic carbocycles. The molecule has 5 heteroatoms. The number of nitrogens with one attached hydrogen (secondary N) is 1. The third-order valence-corrected chi connectivity index (χ3v) is 3.72. The zero-order chi connectivity index (χ0) is 12.5. The molecule has 0 aromatic heterocycles. The van der Waals surface area contributed by atoms with Gasteiger partial charge >= 0.3 is 0 Å². The molecule has 1 saturated heterocycles. The maximum atomic E-state index is 11.7. The highest BCUT2D eigenvalue weighted by Gasteiger charge is 2.37. The van der Waals surface area contributed by atoms with Crippen molar-refractivity contribution in [2.24, 2.45) is 5.41 Å². The standard InChI is InChI=1S/C12H21N3O2/c1-12(3-4-12)9-13-10(16)7-15-6-5-14(2)11(17)8-15/h3-9H2,1-2H3,(H,13,16). The summed E-state index contributed by atoms with van der Waals surface area (Å²) >= 11 is 0. The van der Waals surface area contributed by atoms with Crippen LogP contribution in [0.25, 0.3) is 0 Å². The van der Waals surface area contributed by atoms with Crippen molar-refractivity contribution >= 4 is 11.8 Å². The van der Waals surface area contributed by atoms with Crippen LogP contribution in [0, 0.1) is 5.41 Å². The van der Waals surface area contributed by atoms with E-state index in [0.717, 1.165) is 13.1 Å². The van der Waals surface area contributed by atoms with Crippen LogP contribution in [-0.2, 0) is 9.59 Å². The van der Waals surface area contributed by atoms with Crippen molar-refractivity contribution in [2.75, 3.05) is 39.8 Å². The minimum atomic E-state index is 0.0375. The Hall–Kier alpha value is -1.10. The van der Waals surface area contributed by atoms with E-state index < -0.39 is 0 Å². The van der Waals surface area contributed by atoms with E-state index in [9.17, 15) is 9.59 Å². The van der Waals surface area contributed by atoms with E-state index in [0.29, 0.717) is 25.0 Å². The fraction of sp³-hybridized carbons (Fsp3) is 0.833. The third-order valence-electron chi connectivity index (χ3n) is 3.72. The molecule has 5 nitrogen and oxygen atoms in total. The van der Waals surface area contributed by atoms with Crippen molar-refractivity contribution in [1.82, 2.24) is 15.1 Å². The maximum absolute atomic E-state index is 11.7. The smallest absolute Gasteiger partial charge is 0.236 e. The predicted molar refractivity (Wildman–Crippen MR) is 64.4 cm³/mol. The molecule has 2 rings (SSSR count). The fourth-order valence-electron chi connectivity index (χ4n) is 1.90. The van der Waals surface area contributed by atoms with Crippen molar-refractivity contribution in [3.8, 4) is 0 Å². The molecular weight excluding hydrogens is 218 g/mol. The molecule has 0 unspecified atom stereocenters. The first-order chi connectivity index (χ1) is 7.98. The molecule has 96 valence electrons. The predicted octanol–water partition coefficient (Wildman–Crippen LogP) is -0.323. The summed E-state index contributed by atoms with van der Waals surface area (Å²) in [5, 5.41) is 2.95. The summed E-state index contributed by atoms with van der Waals surface area (Å²) in [4.78, 5) is 26.8. The van der Waals surface area contributed by atoms with Crippen molar-refractivity contribution in [1.29, 1.82) is 0 Å². The molecule has 0 aromatic rings. The van der Waals surface area contributed by atoms with E-state index in [1.165, 1.54) is 12.8 Å². The Morgan fingerprint density at radius 2 is 2.12 bits per heavy atom. The molecule has 2 amide bonds. The topological polar surface area (TPSA) is 52.6 Å². The van der Waals surface area contributed by atoms with Gasteiger partial charge in [-0.1, -0.05) is 6.92 Å². The second kappa shape index (κ2) is 4.64. The minimum absolute atomic E-state index is 0.0375. The van der Waals surface area contributed by atoms with Gasteiger partial charge in [0.2, 0.25) is 11.8 Å². The lowest BCUT2D eigenvalue weighted by molar-refractivity contribution is -0.135. The van der Waals surface area contributed by atoms with Gasteiger partial charge in [0.25, 0.3) is 0 Å². The van der Waals surface area contributed by atoms with Crippen LogP contribution in [0.4, 0.5) is 0 Å². The van der Waals surface area contributed by atoms with Crippen LogP contribution in [0.15, 0.2) is 0 Å². The fourth-order valence-corrected chi connectivity index (χ4v) is 1.90. The number of carbonyl (C=O) groups excluding carboxylic acids is 2. The lowest BCUT2D eigenvalue weighted by Gasteiger charge is -2.31. The van der Waals surface area contributed by atoms with E-state index in [4.69, 9.17) is 0 Å². The lowest BCUT2D eigenvalue weighted by atomic mass is 10.1. The second-order valence-electron chi connectivity index (χ2n) is 5.61. The van der Waals surface area contributed by atoms with Crippen LogP contribution in [0.1, 0.15) is 19.8 Å². The van der Waals surface area contributed by atoms with Crippen LogP contribution in [0.2, 0.25) is 0 Å². The van der Waals surface area contributed by atoms with Gasteiger partial charge in [0.05, 0.1) is 13.1 Å². The van der Waals surface area contributed by atoms with Crippen molar-refractivity contribution in [3.05, 3.63) is 0 Å². The van der Waals surface area contributed by atoms with Gasteiger partial charge in [-0.25, -0.2) is 0 Å². The third kappa shape index (κ3) is 3.43. The van der Waals surface area contributed by atoms with Gasteiger partial charge in [-0.3, -0.25) is 14.5 Å². The highest BCUT2D eigenvalue weighted by molar-refractivity contribution is 5.81. The second-order valence-corrected chi connectivity index (χ2v) is 5.61. The molecule has 17 heavy (non-hydrogen) atoms. The van der Waals surface area contributed by atoms with E-state index >= 15 is 0 Å². The monoisotopic (exact) mass is 239 g/mol. The van der Waals surface area contributed by atoms with Gasteiger partial charge in [0, 0.05) is 26.7 Å². The number of amides is 2. The highest BCUT2D eigenvalue weighted by Crippen LogP contribution is 2.43. The number of carbonyl (C=O) groups is 2. The first-order valence-corrected chi connectivity index (χ1v) is 6.22. The van der Waals surface area contributed by atoms with Crippen molar-refractivity contribution in [3.63, 3.8) is 0 Å². The Kier molecular flexibility index (Phi) is 3.38. The number of nitrogens with zero attached hydrogens (tertiary/aromatic N) is 2. The van der Waals surface area contributed by atoms with Crippen molar-refractivity contribution in [2.45, 2.75) is 19.8 Å². The van der Waals surface area contributed by atoms with E-state index in [2.05, 4.69) is 12.2 Å². The van der Waals surface area contributed by atoms with E-state index in [-0.39, 0.29) is 11.8 Å². The summed E-state index contributed by atoms with van der Waals surface area (Å²) < 4.78 is 0. The summed E-state index contributed by atoms with van der Waals surface area (Å²) in [7, 11) is 1.80. The van der Waals surface area contributed by atoms with Gasteiger partial charge in [0.1, 0.15) is 0 Å². The zero-order valence-electron chi connectivity index (χ0n) is 10.7. The van der Waals surface area contributed by atoms with Gasteiger partial charge in [0.15, 0.2) is 0 Å². The Morgan fingerprint density at radius 1 is 1.41 bits per heavy atom. The molecule has 0 spiro atoms. The largest absolute Gasteiger partial charge is 0.354 e. The van der Waals surface area contributed by atoms with Gasteiger partial charge in [-0.05, 0) is 18.3 Å². The molecule has 0 radical (unpaired) electrons.